The van der Waals surface area contributed by atoms with Crippen molar-refractivity contribution in [3.05, 3.63) is 35.9 Å². The molecule has 33 heavy (non-hydrogen) atoms. The van der Waals surface area contributed by atoms with Crippen molar-refractivity contribution < 1.29 is 29.0 Å². The molecular formula is C26H41NO6. The maximum absolute atomic E-state index is 12.7. The lowest BCUT2D eigenvalue weighted by atomic mass is 9.70. The van der Waals surface area contributed by atoms with Gasteiger partial charge in [-0.25, -0.2) is 0 Å². The minimum Gasteiger partial charge on any atom is -0.481 e. The zero-order valence-electron chi connectivity index (χ0n) is 21.1. The molecule has 1 rings (SSSR count). The van der Waals surface area contributed by atoms with Gasteiger partial charge in [-0.2, -0.15) is 0 Å². The molecule has 0 aliphatic carbocycles. The van der Waals surface area contributed by atoms with Crippen LogP contribution in [0.15, 0.2) is 30.3 Å². The second-order valence-electron chi connectivity index (χ2n) is 9.64. The van der Waals surface area contributed by atoms with E-state index in [9.17, 15) is 19.5 Å². The fraction of sp³-hybridized carbons (Fsp3) is 0.654. The standard InChI is InChI=1S/C26H41NO6/c1-7-27(8-2)15-12-16-32-22(28)20(3)17-26(6,23(29)30)19-25(4,5)24(31)33-18-21-13-10-9-11-14-21/h9-11,13-14,20H,7-8,12,15-19H2,1-6H3,(H,29,30). The van der Waals surface area contributed by atoms with Gasteiger partial charge in [0.05, 0.1) is 23.4 Å². The lowest BCUT2D eigenvalue weighted by Gasteiger charge is -2.34. The van der Waals surface area contributed by atoms with Gasteiger partial charge in [0.15, 0.2) is 0 Å². The number of carbonyl (C=O) groups is 3. The van der Waals surface area contributed by atoms with E-state index in [4.69, 9.17) is 9.47 Å². The fourth-order valence-electron chi connectivity index (χ4n) is 4.10. The quantitative estimate of drug-likeness (QED) is 0.301. The van der Waals surface area contributed by atoms with Crippen LogP contribution < -0.4 is 0 Å². The average Bonchev–Trinajstić information content (AvgIpc) is 2.77. The molecule has 1 N–H and O–H groups in total. The first-order valence-electron chi connectivity index (χ1n) is 11.8. The first-order valence-corrected chi connectivity index (χ1v) is 11.8. The van der Waals surface area contributed by atoms with E-state index in [-0.39, 0.29) is 19.4 Å². The predicted molar refractivity (Wildman–Crippen MR) is 128 cm³/mol. The van der Waals surface area contributed by atoms with Crippen molar-refractivity contribution in [2.24, 2.45) is 16.7 Å². The minimum absolute atomic E-state index is 0.0442. The van der Waals surface area contributed by atoms with Gasteiger partial charge in [-0.3, -0.25) is 14.4 Å². The van der Waals surface area contributed by atoms with Gasteiger partial charge in [-0.1, -0.05) is 51.1 Å². The Labute approximate surface area is 198 Å². The third-order valence-electron chi connectivity index (χ3n) is 6.03. The number of aliphatic carboxylic acids is 1. The number of benzene rings is 1. The van der Waals surface area contributed by atoms with E-state index in [1.165, 1.54) is 0 Å². The van der Waals surface area contributed by atoms with Crippen LogP contribution in [-0.4, -0.2) is 54.2 Å². The van der Waals surface area contributed by atoms with Gasteiger partial charge in [0, 0.05) is 6.54 Å². The number of carboxylic acids is 1. The van der Waals surface area contributed by atoms with Crippen LogP contribution in [-0.2, 0) is 30.5 Å². The average molecular weight is 464 g/mol. The molecular weight excluding hydrogens is 422 g/mol. The van der Waals surface area contributed by atoms with E-state index in [2.05, 4.69) is 18.7 Å². The highest BCUT2D eigenvalue weighted by Gasteiger charge is 2.44. The number of hydrogen-bond acceptors (Lipinski definition) is 6. The van der Waals surface area contributed by atoms with E-state index in [1.807, 2.05) is 30.3 Å². The zero-order valence-corrected chi connectivity index (χ0v) is 21.1. The Bertz CT molecular complexity index is 759. The van der Waals surface area contributed by atoms with Crippen molar-refractivity contribution >= 4 is 17.9 Å². The third-order valence-corrected chi connectivity index (χ3v) is 6.03. The second-order valence-corrected chi connectivity index (χ2v) is 9.64. The monoisotopic (exact) mass is 463 g/mol. The molecule has 0 bridgehead atoms. The lowest BCUT2D eigenvalue weighted by Crippen LogP contribution is -2.40. The van der Waals surface area contributed by atoms with Crippen molar-refractivity contribution in [3.8, 4) is 0 Å². The summed E-state index contributed by atoms with van der Waals surface area (Å²) < 4.78 is 10.8. The van der Waals surface area contributed by atoms with E-state index < -0.39 is 34.7 Å². The van der Waals surface area contributed by atoms with Gasteiger partial charge in [0.1, 0.15) is 6.61 Å². The maximum Gasteiger partial charge on any atom is 0.311 e. The molecule has 7 nitrogen and oxygen atoms in total. The number of nitrogens with zero attached hydrogens (tertiary/aromatic N) is 1. The van der Waals surface area contributed by atoms with Crippen LogP contribution in [0, 0.1) is 16.7 Å². The van der Waals surface area contributed by atoms with E-state index in [1.54, 1.807) is 27.7 Å². The summed E-state index contributed by atoms with van der Waals surface area (Å²) in [6.45, 7) is 14.0. The van der Waals surface area contributed by atoms with Gasteiger partial charge in [-0.15, -0.1) is 0 Å². The zero-order chi connectivity index (χ0) is 25.1. The third kappa shape index (κ3) is 9.54. The molecule has 0 amide bonds. The van der Waals surface area contributed by atoms with Gasteiger partial charge in [0.2, 0.25) is 0 Å². The number of hydrogen-bond donors (Lipinski definition) is 1. The summed E-state index contributed by atoms with van der Waals surface area (Å²) in [7, 11) is 0. The summed E-state index contributed by atoms with van der Waals surface area (Å²) >= 11 is 0. The van der Waals surface area contributed by atoms with E-state index in [0.29, 0.717) is 6.61 Å². The van der Waals surface area contributed by atoms with Crippen molar-refractivity contribution in [1.82, 2.24) is 4.90 Å². The smallest absolute Gasteiger partial charge is 0.311 e. The molecule has 0 spiro atoms. The van der Waals surface area contributed by atoms with E-state index >= 15 is 0 Å². The summed E-state index contributed by atoms with van der Waals surface area (Å²) in [4.78, 5) is 39.6. The topological polar surface area (TPSA) is 93.1 Å². The molecule has 2 atom stereocenters. The molecule has 0 saturated heterocycles. The Morgan fingerprint density at radius 2 is 1.64 bits per heavy atom. The van der Waals surface area contributed by atoms with Crippen LogP contribution in [0.1, 0.15) is 66.4 Å². The number of rotatable bonds is 15. The molecule has 1 aromatic carbocycles. The first-order chi connectivity index (χ1) is 15.4. The number of esters is 2. The highest BCUT2D eigenvalue weighted by atomic mass is 16.5. The summed E-state index contributed by atoms with van der Waals surface area (Å²) in [6, 6.07) is 9.32. The highest BCUT2D eigenvalue weighted by Crippen LogP contribution is 2.40. The summed E-state index contributed by atoms with van der Waals surface area (Å²) in [5.41, 5.74) is -1.45. The summed E-state index contributed by atoms with van der Waals surface area (Å²) in [6.07, 6.45) is 0.853. The Morgan fingerprint density at radius 3 is 2.18 bits per heavy atom. The largest absolute Gasteiger partial charge is 0.481 e. The Kier molecular flexibility index (Phi) is 11.6. The predicted octanol–water partition coefficient (Wildman–Crippen LogP) is 4.54. The maximum atomic E-state index is 12.7. The minimum atomic E-state index is -1.28. The van der Waals surface area contributed by atoms with Crippen molar-refractivity contribution in [1.29, 1.82) is 0 Å². The van der Waals surface area contributed by atoms with Gasteiger partial charge < -0.3 is 19.5 Å². The fourth-order valence-corrected chi connectivity index (χ4v) is 4.10. The SMILES string of the molecule is CCN(CC)CCCOC(=O)C(C)CC(C)(CC(C)(C)C(=O)OCc1ccccc1)C(=O)O. The molecule has 0 aliphatic rings. The molecule has 0 fully saturated rings. The van der Waals surface area contributed by atoms with Gasteiger partial charge in [-0.05, 0) is 58.7 Å². The second kappa shape index (κ2) is 13.3. The molecule has 0 aliphatic heterocycles. The Morgan fingerprint density at radius 1 is 1.03 bits per heavy atom. The molecule has 2 unspecified atom stereocenters. The normalized spacial score (nSPS) is 14.4. The molecule has 0 aromatic heterocycles. The van der Waals surface area contributed by atoms with Crippen LogP contribution in [0.4, 0.5) is 0 Å². The number of ether oxygens (including phenoxy) is 2. The summed E-state index contributed by atoms with van der Waals surface area (Å²) in [5.74, 6) is -2.53. The molecule has 1 aromatic rings. The van der Waals surface area contributed by atoms with E-state index in [0.717, 1.165) is 31.6 Å². The Balaban J connectivity index is 2.67. The van der Waals surface area contributed by atoms with Crippen molar-refractivity contribution in [3.63, 3.8) is 0 Å². The van der Waals surface area contributed by atoms with Crippen molar-refractivity contribution in [2.75, 3.05) is 26.2 Å². The van der Waals surface area contributed by atoms with Crippen LogP contribution in [0.25, 0.3) is 0 Å². The highest BCUT2D eigenvalue weighted by molar-refractivity contribution is 5.80. The van der Waals surface area contributed by atoms with Crippen LogP contribution >= 0.6 is 0 Å². The molecule has 0 radical (unpaired) electrons. The van der Waals surface area contributed by atoms with Crippen molar-refractivity contribution in [2.45, 2.75) is 67.4 Å². The molecule has 7 heteroatoms. The number of carbonyl (C=O) groups excluding carboxylic acids is 2. The number of carboxylic acid groups (broad SMARTS) is 1. The van der Waals surface area contributed by atoms with Gasteiger partial charge >= 0.3 is 17.9 Å². The Hall–Kier alpha value is -2.41. The summed E-state index contributed by atoms with van der Waals surface area (Å²) in [5, 5.41) is 9.94. The molecule has 0 saturated carbocycles. The van der Waals surface area contributed by atoms with Crippen LogP contribution in [0.3, 0.4) is 0 Å². The first kappa shape index (κ1) is 28.6. The molecule has 186 valence electrons. The lowest BCUT2D eigenvalue weighted by molar-refractivity contribution is -0.162. The van der Waals surface area contributed by atoms with Crippen LogP contribution in [0.5, 0.6) is 0 Å². The van der Waals surface area contributed by atoms with Crippen LogP contribution in [0.2, 0.25) is 0 Å². The molecule has 0 heterocycles. The van der Waals surface area contributed by atoms with Gasteiger partial charge in [0.25, 0.3) is 0 Å².